The van der Waals surface area contributed by atoms with Gasteiger partial charge in [0, 0.05) is 6.54 Å². The number of halogens is 2. The maximum Gasteiger partial charge on any atom is 0.293 e. The fraction of sp³-hybridized carbons (Fsp3) is 0.286. The molecule has 2 fully saturated rings. The molecule has 0 bridgehead atoms. The van der Waals surface area contributed by atoms with Gasteiger partial charge in [0.25, 0.3) is 11.1 Å². The number of amides is 2. The summed E-state index contributed by atoms with van der Waals surface area (Å²) in [5.74, 6) is 1.12. The Morgan fingerprint density at radius 1 is 0.943 bits per heavy atom. The molecule has 7 heteroatoms. The van der Waals surface area contributed by atoms with Crippen LogP contribution in [-0.2, 0) is 11.4 Å². The average Bonchev–Trinajstić information content (AvgIpc) is 3.11. The van der Waals surface area contributed by atoms with E-state index in [4.69, 9.17) is 4.74 Å². The van der Waals surface area contributed by atoms with Crippen LogP contribution in [0.4, 0.5) is 4.79 Å². The quantitative estimate of drug-likeness (QED) is 0.191. The van der Waals surface area contributed by atoms with E-state index in [0.29, 0.717) is 24.0 Å². The summed E-state index contributed by atoms with van der Waals surface area (Å²) in [6.45, 7) is 1.04. The van der Waals surface area contributed by atoms with Gasteiger partial charge in [-0.2, -0.15) is 0 Å². The minimum atomic E-state index is -0.160. The first-order valence-corrected chi connectivity index (χ1v) is 14.8. The molecule has 1 aliphatic carbocycles. The summed E-state index contributed by atoms with van der Waals surface area (Å²) >= 11 is 5.61. The van der Waals surface area contributed by atoms with Gasteiger partial charge in [0.15, 0.2) is 0 Å². The molecule has 0 radical (unpaired) electrons. The third-order valence-corrected chi connectivity index (χ3v) is 9.06. The number of hydrogen-bond donors (Lipinski definition) is 0. The molecule has 35 heavy (non-hydrogen) atoms. The Bertz CT molecular complexity index is 1290. The highest BCUT2D eigenvalue weighted by molar-refractivity contribution is 14.1. The average molecular weight is 709 g/mol. The zero-order valence-electron chi connectivity index (χ0n) is 19.1. The summed E-state index contributed by atoms with van der Waals surface area (Å²) in [6.07, 6.45) is 7.71. The van der Waals surface area contributed by atoms with Gasteiger partial charge in [-0.05, 0) is 122 Å². The zero-order chi connectivity index (χ0) is 24.4. The maximum atomic E-state index is 13.0. The molecule has 4 nitrogen and oxygen atoms in total. The molecule has 1 aliphatic heterocycles. The summed E-state index contributed by atoms with van der Waals surface area (Å²) in [7, 11) is 0. The number of ether oxygens (including phenoxy) is 1. The highest BCUT2D eigenvalue weighted by Gasteiger charge is 2.36. The molecule has 3 aromatic carbocycles. The Labute approximate surface area is 237 Å². The van der Waals surface area contributed by atoms with E-state index >= 15 is 0 Å². The lowest BCUT2D eigenvalue weighted by atomic mass is 9.89. The first-order chi connectivity index (χ1) is 17.0. The number of nitrogens with zero attached hydrogens (tertiary/aromatic N) is 1. The standard InChI is InChI=1S/C28H25I2NO3S/c29-23-13-20(15-25-27(32)31(28(33)35-25)16-18-6-2-1-3-7-18)14-24(30)26(23)34-17-19-10-11-21-8-4-5-9-22(21)12-19/h4-5,8-15,18H,1-3,6-7,16-17H2/b25-15+. The molecule has 3 aromatic rings. The van der Waals surface area contributed by atoms with Crippen LogP contribution in [0.1, 0.15) is 43.2 Å². The third-order valence-electron chi connectivity index (χ3n) is 6.55. The van der Waals surface area contributed by atoms with Crippen molar-refractivity contribution in [2.24, 2.45) is 5.92 Å². The van der Waals surface area contributed by atoms with Crippen molar-refractivity contribution in [3.8, 4) is 5.75 Å². The van der Waals surface area contributed by atoms with Crippen LogP contribution in [0.5, 0.6) is 5.75 Å². The van der Waals surface area contributed by atoms with Crippen molar-refractivity contribution < 1.29 is 14.3 Å². The lowest BCUT2D eigenvalue weighted by molar-refractivity contribution is -0.123. The normalized spacial score (nSPS) is 18.1. The van der Waals surface area contributed by atoms with Crippen LogP contribution in [0.3, 0.4) is 0 Å². The van der Waals surface area contributed by atoms with Crippen LogP contribution in [0.25, 0.3) is 16.8 Å². The number of benzene rings is 3. The maximum absolute atomic E-state index is 13.0. The fourth-order valence-electron chi connectivity index (χ4n) is 4.72. The van der Waals surface area contributed by atoms with Crippen molar-refractivity contribution in [3.05, 3.63) is 77.8 Å². The lowest BCUT2D eigenvalue weighted by Crippen LogP contribution is -2.34. The van der Waals surface area contributed by atoms with Crippen LogP contribution >= 0.6 is 56.9 Å². The predicted octanol–water partition coefficient (Wildman–Crippen LogP) is 8.24. The number of thioether (sulfide) groups is 1. The second kappa shape index (κ2) is 11.2. The van der Waals surface area contributed by atoms with Gasteiger partial charge in [-0.25, -0.2) is 0 Å². The Morgan fingerprint density at radius 2 is 1.66 bits per heavy atom. The molecule has 1 saturated heterocycles. The van der Waals surface area contributed by atoms with Crippen LogP contribution in [-0.4, -0.2) is 22.6 Å². The monoisotopic (exact) mass is 709 g/mol. The molecule has 0 spiro atoms. The van der Waals surface area contributed by atoms with Gasteiger partial charge in [0.1, 0.15) is 12.4 Å². The van der Waals surface area contributed by atoms with Crippen molar-refractivity contribution in [1.82, 2.24) is 4.90 Å². The molecular formula is C28H25I2NO3S. The number of imide groups is 1. The Morgan fingerprint density at radius 3 is 2.40 bits per heavy atom. The Balaban J connectivity index is 1.28. The molecule has 180 valence electrons. The Hall–Kier alpha value is -1.59. The summed E-state index contributed by atoms with van der Waals surface area (Å²) in [6, 6.07) is 18.7. The molecule has 5 rings (SSSR count). The van der Waals surface area contributed by atoms with E-state index in [9.17, 15) is 9.59 Å². The van der Waals surface area contributed by atoms with E-state index in [0.717, 1.165) is 48.6 Å². The third kappa shape index (κ3) is 5.88. The molecule has 0 atom stereocenters. The largest absolute Gasteiger partial charge is 0.487 e. The molecule has 1 saturated carbocycles. The number of hydrogen-bond acceptors (Lipinski definition) is 4. The molecule has 1 heterocycles. The van der Waals surface area contributed by atoms with E-state index < -0.39 is 0 Å². The minimum absolute atomic E-state index is 0.147. The molecule has 0 N–H and O–H groups in total. The zero-order valence-corrected chi connectivity index (χ0v) is 24.3. The Kier molecular flexibility index (Phi) is 8.03. The van der Waals surface area contributed by atoms with E-state index in [1.807, 2.05) is 30.3 Å². The fourth-order valence-corrected chi connectivity index (χ4v) is 7.70. The van der Waals surface area contributed by atoms with E-state index in [1.54, 1.807) is 0 Å². The molecule has 0 unspecified atom stereocenters. The van der Waals surface area contributed by atoms with Gasteiger partial charge in [0.2, 0.25) is 0 Å². The first-order valence-electron chi connectivity index (χ1n) is 11.8. The van der Waals surface area contributed by atoms with Crippen LogP contribution in [0, 0.1) is 13.1 Å². The number of carbonyl (C=O) groups is 2. The van der Waals surface area contributed by atoms with Gasteiger partial charge in [-0.15, -0.1) is 0 Å². The molecular weight excluding hydrogens is 684 g/mol. The van der Waals surface area contributed by atoms with E-state index in [1.165, 1.54) is 34.9 Å². The minimum Gasteiger partial charge on any atom is -0.487 e. The smallest absolute Gasteiger partial charge is 0.293 e. The van der Waals surface area contributed by atoms with Crippen molar-refractivity contribution in [1.29, 1.82) is 0 Å². The summed E-state index contributed by atoms with van der Waals surface area (Å²) in [4.78, 5) is 27.5. The highest BCUT2D eigenvalue weighted by Crippen LogP contribution is 2.36. The van der Waals surface area contributed by atoms with Crippen molar-refractivity contribution >= 4 is 84.9 Å². The molecule has 2 aliphatic rings. The first kappa shape index (κ1) is 25.1. The summed E-state index contributed by atoms with van der Waals surface area (Å²) in [5, 5.41) is 2.27. The van der Waals surface area contributed by atoms with Crippen molar-refractivity contribution in [2.75, 3.05) is 6.54 Å². The van der Waals surface area contributed by atoms with Gasteiger partial charge >= 0.3 is 0 Å². The van der Waals surface area contributed by atoms with Crippen molar-refractivity contribution in [2.45, 2.75) is 38.7 Å². The highest BCUT2D eigenvalue weighted by atomic mass is 127. The molecule has 0 aromatic heterocycles. The van der Waals surface area contributed by atoms with Gasteiger partial charge in [-0.1, -0.05) is 55.7 Å². The number of carbonyl (C=O) groups excluding carboxylic acids is 2. The lowest BCUT2D eigenvalue weighted by Gasteiger charge is -2.25. The van der Waals surface area contributed by atoms with Crippen LogP contribution in [0.2, 0.25) is 0 Å². The number of fused-ring (bicyclic) bond motifs is 1. The predicted molar refractivity (Wildman–Crippen MR) is 159 cm³/mol. The molecule has 2 amide bonds. The SMILES string of the molecule is O=C1S/C(=C/c2cc(I)c(OCc3ccc4ccccc4c3)c(I)c2)C(=O)N1CC1CCCCC1. The second-order valence-electron chi connectivity index (χ2n) is 9.08. The van der Waals surface area contributed by atoms with E-state index in [-0.39, 0.29) is 11.1 Å². The van der Waals surface area contributed by atoms with Gasteiger partial charge < -0.3 is 4.74 Å². The van der Waals surface area contributed by atoms with Crippen LogP contribution in [0.15, 0.2) is 59.5 Å². The summed E-state index contributed by atoms with van der Waals surface area (Å²) in [5.41, 5.74) is 2.02. The van der Waals surface area contributed by atoms with Gasteiger partial charge in [0.05, 0.1) is 12.0 Å². The van der Waals surface area contributed by atoms with E-state index in [2.05, 4.69) is 75.5 Å². The van der Waals surface area contributed by atoms with Crippen molar-refractivity contribution in [3.63, 3.8) is 0 Å². The summed E-state index contributed by atoms with van der Waals surface area (Å²) < 4.78 is 8.15. The van der Waals surface area contributed by atoms with Gasteiger partial charge in [-0.3, -0.25) is 14.5 Å². The second-order valence-corrected chi connectivity index (χ2v) is 12.4. The number of rotatable bonds is 6. The topological polar surface area (TPSA) is 46.6 Å². The van der Waals surface area contributed by atoms with Crippen LogP contribution < -0.4 is 4.74 Å².